The second-order valence-electron chi connectivity index (χ2n) is 5.91. The van der Waals surface area contributed by atoms with Crippen LogP contribution in [-0.4, -0.2) is 48.3 Å². The minimum absolute atomic E-state index is 0.0337. The Morgan fingerprint density at radius 3 is 2.50 bits per heavy atom. The average molecular weight is 224 g/mol. The van der Waals surface area contributed by atoms with Gasteiger partial charge in [0.25, 0.3) is 0 Å². The molecule has 4 rings (SSSR count). The summed E-state index contributed by atoms with van der Waals surface area (Å²) in [6.07, 6.45) is 6.18. The summed E-state index contributed by atoms with van der Waals surface area (Å²) >= 11 is 0. The summed E-state index contributed by atoms with van der Waals surface area (Å²) in [5.41, 5.74) is 0. The molecule has 1 aliphatic carbocycles. The standard InChI is InChI=1S/C13H24N2O/c16-13-3-1-2-11(13)8-14-12-9-15-6-4-10(12)5-7-15/h10-14,16H,1-9H2. The number of piperidine rings is 3. The van der Waals surface area contributed by atoms with Crippen molar-refractivity contribution in [3.05, 3.63) is 0 Å². The zero-order chi connectivity index (χ0) is 11.0. The number of hydrogen-bond donors (Lipinski definition) is 2. The summed E-state index contributed by atoms with van der Waals surface area (Å²) in [5.74, 6) is 1.43. The molecule has 92 valence electrons. The summed E-state index contributed by atoms with van der Waals surface area (Å²) in [6, 6.07) is 0.704. The van der Waals surface area contributed by atoms with Crippen LogP contribution in [0.5, 0.6) is 0 Å². The highest BCUT2D eigenvalue weighted by Crippen LogP contribution is 2.29. The Bertz CT molecular complexity index is 238. The van der Waals surface area contributed by atoms with Gasteiger partial charge < -0.3 is 15.3 Å². The fourth-order valence-corrected chi connectivity index (χ4v) is 3.75. The normalized spacial score (nSPS) is 47.4. The summed E-state index contributed by atoms with van der Waals surface area (Å²) in [4.78, 5) is 2.59. The molecule has 3 saturated heterocycles. The first-order chi connectivity index (χ1) is 7.83. The summed E-state index contributed by atoms with van der Waals surface area (Å²) in [6.45, 7) is 4.91. The van der Waals surface area contributed by atoms with Crippen molar-refractivity contribution < 1.29 is 5.11 Å². The van der Waals surface area contributed by atoms with E-state index in [4.69, 9.17) is 0 Å². The first-order valence-corrected chi connectivity index (χ1v) is 6.97. The van der Waals surface area contributed by atoms with Gasteiger partial charge in [-0.15, -0.1) is 0 Å². The highest BCUT2D eigenvalue weighted by Gasteiger charge is 2.34. The molecule has 2 bridgehead atoms. The van der Waals surface area contributed by atoms with Crippen molar-refractivity contribution in [2.45, 2.75) is 44.2 Å². The maximum atomic E-state index is 9.80. The van der Waals surface area contributed by atoms with Crippen LogP contribution in [0, 0.1) is 11.8 Å². The largest absolute Gasteiger partial charge is 0.393 e. The van der Waals surface area contributed by atoms with Gasteiger partial charge in [-0.1, -0.05) is 6.42 Å². The molecule has 3 atom stereocenters. The summed E-state index contributed by atoms with van der Waals surface area (Å²) in [5, 5.41) is 13.5. The van der Waals surface area contributed by atoms with E-state index >= 15 is 0 Å². The topological polar surface area (TPSA) is 35.5 Å². The fourth-order valence-electron chi connectivity index (χ4n) is 3.75. The van der Waals surface area contributed by atoms with E-state index in [1.165, 1.54) is 45.3 Å². The van der Waals surface area contributed by atoms with Gasteiger partial charge in [0.15, 0.2) is 0 Å². The lowest BCUT2D eigenvalue weighted by Crippen LogP contribution is -2.56. The van der Waals surface area contributed by atoms with Crippen LogP contribution in [0.4, 0.5) is 0 Å². The van der Waals surface area contributed by atoms with Crippen molar-refractivity contribution in [2.75, 3.05) is 26.2 Å². The number of aliphatic hydroxyl groups is 1. The molecule has 0 aromatic rings. The lowest BCUT2D eigenvalue weighted by molar-refractivity contribution is 0.0643. The van der Waals surface area contributed by atoms with Gasteiger partial charge in [0.1, 0.15) is 0 Å². The van der Waals surface area contributed by atoms with Gasteiger partial charge >= 0.3 is 0 Å². The molecular formula is C13H24N2O. The maximum Gasteiger partial charge on any atom is 0.0580 e. The van der Waals surface area contributed by atoms with Gasteiger partial charge in [0, 0.05) is 19.1 Å². The van der Waals surface area contributed by atoms with Crippen molar-refractivity contribution in [3.8, 4) is 0 Å². The van der Waals surface area contributed by atoms with E-state index in [-0.39, 0.29) is 6.10 Å². The Morgan fingerprint density at radius 1 is 1.12 bits per heavy atom. The Kier molecular flexibility index (Phi) is 3.18. The van der Waals surface area contributed by atoms with Gasteiger partial charge in [-0.05, 0) is 50.6 Å². The van der Waals surface area contributed by atoms with Crippen molar-refractivity contribution in [2.24, 2.45) is 11.8 Å². The first kappa shape index (κ1) is 11.0. The highest BCUT2D eigenvalue weighted by atomic mass is 16.3. The van der Waals surface area contributed by atoms with Gasteiger partial charge in [0.05, 0.1) is 6.10 Å². The lowest BCUT2D eigenvalue weighted by atomic mass is 9.84. The average Bonchev–Trinajstić information content (AvgIpc) is 2.74. The van der Waals surface area contributed by atoms with Gasteiger partial charge in [-0.3, -0.25) is 0 Å². The van der Waals surface area contributed by atoms with Crippen LogP contribution < -0.4 is 5.32 Å². The van der Waals surface area contributed by atoms with E-state index in [1.54, 1.807) is 0 Å². The molecule has 3 aliphatic heterocycles. The van der Waals surface area contributed by atoms with E-state index in [0.29, 0.717) is 12.0 Å². The predicted molar refractivity (Wildman–Crippen MR) is 64.3 cm³/mol. The second kappa shape index (κ2) is 4.63. The predicted octanol–water partition coefficient (Wildman–Crippen LogP) is 0.831. The summed E-state index contributed by atoms with van der Waals surface area (Å²) < 4.78 is 0. The number of rotatable bonds is 3. The monoisotopic (exact) mass is 224 g/mol. The molecule has 3 unspecified atom stereocenters. The smallest absolute Gasteiger partial charge is 0.0580 e. The third kappa shape index (κ3) is 2.13. The third-order valence-corrected chi connectivity index (χ3v) is 4.92. The quantitative estimate of drug-likeness (QED) is 0.745. The molecule has 2 N–H and O–H groups in total. The Balaban J connectivity index is 1.48. The number of nitrogens with zero attached hydrogens (tertiary/aromatic N) is 1. The van der Waals surface area contributed by atoms with Crippen LogP contribution in [0.25, 0.3) is 0 Å². The van der Waals surface area contributed by atoms with Crippen LogP contribution in [0.2, 0.25) is 0 Å². The second-order valence-corrected chi connectivity index (χ2v) is 5.91. The number of fused-ring (bicyclic) bond motifs is 3. The Morgan fingerprint density at radius 2 is 1.94 bits per heavy atom. The van der Waals surface area contributed by atoms with Crippen molar-refractivity contribution in [1.82, 2.24) is 10.2 Å². The van der Waals surface area contributed by atoms with E-state index in [9.17, 15) is 5.11 Å². The summed E-state index contributed by atoms with van der Waals surface area (Å²) in [7, 11) is 0. The minimum Gasteiger partial charge on any atom is -0.393 e. The molecule has 16 heavy (non-hydrogen) atoms. The molecule has 0 aromatic carbocycles. The first-order valence-electron chi connectivity index (χ1n) is 6.97. The fraction of sp³-hybridized carbons (Fsp3) is 1.00. The zero-order valence-electron chi connectivity index (χ0n) is 10.1. The van der Waals surface area contributed by atoms with Gasteiger partial charge in [-0.25, -0.2) is 0 Å². The molecule has 1 saturated carbocycles. The van der Waals surface area contributed by atoms with Gasteiger partial charge in [0.2, 0.25) is 0 Å². The van der Waals surface area contributed by atoms with Crippen LogP contribution in [0.1, 0.15) is 32.1 Å². The molecule has 0 radical (unpaired) electrons. The maximum absolute atomic E-state index is 9.80. The van der Waals surface area contributed by atoms with Crippen LogP contribution in [0.15, 0.2) is 0 Å². The molecule has 3 heteroatoms. The number of hydrogen-bond acceptors (Lipinski definition) is 3. The van der Waals surface area contributed by atoms with E-state index in [1.807, 2.05) is 0 Å². The number of nitrogens with one attached hydrogen (secondary N) is 1. The van der Waals surface area contributed by atoms with E-state index in [2.05, 4.69) is 10.2 Å². The van der Waals surface area contributed by atoms with Crippen LogP contribution in [-0.2, 0) is 0 Å². The highest BCUT2D eigenvalue weighted by molar-refractivity contribution is 4.92. The van der Waals surface area contributed by atoms with Gasteiger partial charge in [-0.2, -0.15) is 0 Å². The molecule has 0 spiro atoms. The molecule has 3 heterocycles. The van der Waals surface area contributed by atoms with Crippen LogP contribution in [0.3, 0.4) is 0 Å². The molecule has 3 nitrogen and oxygen atoms in total. The van der Waals surface area contributed by atoms with Crippen molar-refractivity contribution in [1.29, 1.82) is 0 Å². The molecule has 0 aromatic heterocycles. The molecule has 0 amide bonds. The third-order valence-electron chi connectivity index (χ3n) is 4.92. The SMILES string of the molecule is OC1CCCC1CNC1CN2CCC1CC2. The number of aliphatic hydroxyl groups excluding tert-OH is 1. The Hall–Kier alpha value is -0.120. The van der Waals surface area contributed by atoms with Crippen LogP contribution >= 0.6 is 0 Å². The lowest BCUT2D eigenvalue weighted by Gasteiger charge is -2.45. The minimum atomic E-state index is -0.0337. The Labute approximate surface area is 98.2 Å². The van der Waals surface area contributed by atoms with Crippen molar-refractivity contribution >= 4 is 0 Å². The molecular weight excluding hydrogens is 200 g/mol. The van der Waals surface area contributed by atoms with Crippen molar-refractivity contribution in [3.63, 3.8) is 0 Å². The van der Waals surface area contributed by atoms with E-state index in [0.717, 1.165) is 18.9 Å². The molecule has 4 fully saturated rings. The molecule has 4 aliphatic rings. The van der Waals surface area contributed by atoms with E-state index < -0.39 is 0 Å². The zero-order valence-corrected chi connectivity index (χ0v) is 10.1.